The summed E-state index contributed by atoms with van der Waals surface area (Å²) in [4.78, 5) is 2.68. The van der Waals surface area contributed by atoms with E-state index in [-0.39, 0.29) is 0 Å². The maximum atomic E-state index is 4.34. The molecule has 0 aromatic heterocycles. The molecule has 0 radical (unpaired) electrons. The van der Waals surface area contributed by atoms with E-state index in [1.807, 2.05) is 0 Å². The predicted octanol–water partition coefficient (Wildman–Crippen LogP) is 4.07. The van der Waals surface area contributed by atoms with E-state index in [4.69, 9.17) is 0 Å². The summed E-state index contributed by atoms with van der Waals surface area (Å²) in [6.07, 6.45) is 8.51. The molecule has 100 valence electrons. The van der Waals surface area contributed by atoms with Crippen LogP contribution in [-0.4, -0.2) is 32.8 Å². The second kappa shape index (κ2) is 8.10. The molecule has 1 saturated heterocycles. The van der Waals surface area contributed by atoms with Crippen molar-refractivity contribution in [2.24, 2.45) is 0 Å². The van der Waals surface area contributed by atoms with Gasteiger partial charge in [-0.1, -0.05) is 50.9 Å². The highest BCUT2D eigenvalue weighted by atomic mass is 28.3. The molecule has 0 saturated carbocycles. The van der Waals surface area contributed by atoms with Crippen LogP contribution in [-0.2, 0) is 0 Å². The largest absolute Gasteiger partial charge is 0.297 e. The highest BCUT2D eigenvalue weighted by molar-refractivity contribution is 6.56. The minimum Gasteiger partial charge on any atom is -0.297 e. The van der Waals surface area contributed by atoms with Crippen molar-refractivity contribution in [1.82, 2.24) is 4.90 Å². The highest BCUT2D eigenvalue weighted by Gasteiger charge is 2.17. The molecule has 0 aliphatic carbocycles. The first-order valence-corrected chi connectivity index (χ1v) is 10.7. The Bertz CT molecular complexity index is 215. The van der Waals surface area contributed by atoms with Crippen LogP contribution in [0.15, 0.2) is 12.2 Å². The third kappa shape index (κ3) is 5.87. The van der Waals surface area contributed by atoms with Gasteiger partial charge in [-0.05, 0) is 38.9 Å². The van der Waals surface area contributed by atoms with Crippen molar-refractivity contribution < 1.29 is 0 Å². The van der Waals surface area contributed by atoms with E-state index in [1.54, 1.807) is 0 Å². The molecule has 0 aromatic rings. The molecule has 17 heavy (non-hydrogen) atoms. The van der Waals surface area contributed by atoms with Gasteiger partial charge in [0.25, 0.3) is 0 Å². The SMILES string of the molecule is C=C(C[SiH](C)C)C(C)N1CCCCCCCC1. The predicted molar refractivity (Wildman–Crippen MR) is 81.6 cm³/mol. The van der Waals surface area contributed by atoms with Gasteiger partial charge in [0.05, 0.1) is 0 Å². The molecule has 1 atom stereocenters. The molecule has 0 aromatic carbocycles. The van der Waals surface area contributed by atoms with E-state index in [0.717, 1.165) is 0 Å². The van der Waals surface area contributed by atoms with Crippen molar-refractivity contribution in [1.29, 1.82) is 0 Å². The Labute approximate surface area is 110 Å². The lowest BCUT2D eigenvalue weighted by Gasteiger charge is -2.31. The van der Waals surface area contributed by atoms with Crippen LogP contribution in [0.25, 0.3) is 0 Å². The zero-order valence-corrected chi connectivity index (χ0v) is 13.3. The van der Waals surface area contributed by atoms with Crippen molar-refractivity contribution in [3.63, 3.8) is 0 Å². The molecule has 1 heterocycles. The molecule has 0 spiro atoms. The summed E-state index contributed by atoms with van der Waals surface area (Å²) >= 11 is 0. The summed E-state index contributed by atoms with van der Waals surface area (Å²) in [5.74, 6) is 0. The van der Waals surface area contributed by atoms with Crippen LogP contribution in [0.1, 0.15) is 45.4 Å². The Kier molecular flexibility index (Phi) is 7.13. The van der Waals surface area contributed by atoms with E-state index < -0.39 is 8.80 Å². The Morgan fingerprint density at radius 1 is 1.06 bits per heavy atom. The fourth-order valence-electron chi connectivity index (χ4n) is 2.79. The monoisotopic (exact) mass is 253 g/mol. The lowest BCUT2D eigenvalue weighted by atomic mass is 10.1. The van der Waals surface area contributed by atoms with Crippen LogP contribution in [0.3, 0.4) is 0 Å². The van der Waals surface area contributed by atoms with Crippen LogP contribution < -0.4 is 0 Å². The zero-order valence-electron chi connectivity index (χ0n) is 12.2. The molecular formula is C15H31NSi. The van der Waals surface area contributed by atoms with E-state index in [2.05, 4.69) is 31.5 Å². The van der Waals surface area contributed by atoms with E-state index in [0.29, 0.717) is 6.04 Å². The molecule has 2 heteroatoms. The van der Waals surface area contributed by atoms with Crippen LogP contribution >= 0.6 is 0 Å². The van der Waals surface area contributed by atoms with Crippen molar-refractivity contribution in [3.05, 3.63) is 12.2 Å². The number of hydrogen-bond donors (Lipinski definition) is 0. The summed E-state index contributed by atoms with van der Waals surface area (Å²) in [6.45, 7) is 14.1. The van der Waals surface area contributed by atoms with Gasteiger partial charge in [0.2, 0.25) is 0 Å². The molecule has 0 bridgehead atoms. The van der Waals surface area contributed by atoms with Crippen LogP contribution in [0.5, 0.6) is 0 Å². The molecule has 1 unspecified atom stereocenters. The summed E-state index contributed by atoms with van der Waals surface area (Å²) in [6, 6.07) is 1.93. The van der Waals surface area contributed by atoms with Crippen molar-refractivity contribution >= 4 is 8.80 Å². The average molecular weight is 254 g/mol. The van der Waals surface area contributed by atoms with Gasteiger partial charge >= 0.3 is 0 Å². The van der Waals surface area contributed by atoms with Crippen molar-refractivity contribution in [2.45, 2.75) is 70.6 Å². The van der Waals surface area contributed by atoms with Gasteiger partial charge in [0.15, 0.2) is 0 Å². The smallest absolute Gasteiger partial charge is 0.0348 e. The third-order valence-corrected chi connectivity index (χ3v) is 5.29. The van der Waals surface area contributed by atoms with Gasteiger partial charge in [-0.15, -0.1) is 0 Å². The van der Waals surface area contributed by atoms with Gasteiger partial charge in [-0.2, -0.15) is 0 Å². The fraction of sp³-hybridized carbons (Fsp3) is 0.867. The van der Waals surface area contributed by atoms with Gasteiger partial charge < -0.3 is 0 Å². The maximum Gasteiger partial charge on any atom is 0.0348 e. The molecule has 0 amide bonds. The Morgan fingerprint density at radius 2 is 1.53 bits per heavy atom. The van der Waals surface area contributed by atoms with Crippen molar-refractivity contribution in [2.75, 3.05) is 13.1 Å². The maximum absolute atomic E-state index is 4.34. The number of nitrogens with zero attached hydrogens (tertiary/aromatic N) is 1. The molecule has 1 rings (SSSR count). The first kappa shape index (κ1) is 15.0. The minimum absolute atomic E-state index is 0.494. The average Bonchev–Trinajstić information content (AvgIpc) is 2.40. The molecule has 0 N–H and O–H groups in total. The van der Waals surface area contributed by atoms with Gasteiger partial charge in [-0.3, -0.25) is 4.90 Å². The molecule has 1 nitrogen and oxygen atoms in total. The van der Waals surface area contributed by atoms with Crippen LogP contribution in [0.4, 0.5) is 0 Å². The Balaban J connectivity index is 2.45. The van der Waals surface area contributed by atoms with E-state index in [9.17, 15) is 0 Å². The third-order valence-electron chi connectivity index (χ3n) is 3.95. The first-order valence-electron chi connectivity index (χ1n) is 7.53. The van der Waals surface area contributed by atoms with Crippen molar-refractivity contribution in [3.8, 4) is 0 Å². The highest BCUT2D eigenvalue weighted by Crippen LogP contribution is 2.19. The molecule has 1 aliphatic rings. The quantitative estimate of drug-likeness (QED) is 0.539. The molecular weight excluding hydrogens is 222 g/mol. The fourth-order valence-corrected chi connectivity index (χ4v) is 4.18. The number of rotatable bonds is 4. The molecule has 1 fully saturated rings. The lowest BCUT2D eigenvalue weighted by molar-refractivity contribution is 0.229. The van der Waals surface area contributed by atoms with Crippen LogP contribution in [0, 0.1) is 0 Å². The van der Waals surface area contributed by atoms with E-state index >= 15 is 0 Å². The Hall–Kier alpha value is -0.0831. The van der Waals surface area contributed by atoms with Gasteiger partial charge in [-0.25, -0.2) is 0 Å². The topological polar surface area (TPSA) is 3.24 Å². The summed E-state index contributed by atoms with van der Waals surface area (Å²) < 4.78 is 0. The second-order valence-corrected chi connectivity index (χ2v) is 9.29. The van der Waals surface area contributed by atoms with Crippen LogP contribution in [0.2, 0.25) is 19.1 Å². The zero-order chi connectivity index (χ0) is 12.7. The van der Waals surface area contributed by atoms with Gasteiger partial charge in [0.1, 0.15) is 0 Å². The number of hydrogen-bond acceptors (Lipinski definition) is 1. The summed E-state index contributed by atoms with van der Waals surface area (Å²) in [5.41, 5.74) is 1.49. The lowest BCUT2D eigenvalue weighted by Crippen LogP contribution is -2.36. The normalized spacial score (nSPS) is 21.6. The van der Waals surface area contributed by atoms with E-state index in [1.165, 1.54) is 63.2 Å². The van der Waals surface area contributed by atoms with Gasteiger partial charge in [0, 0.05) is 14.8 Å². The minimum atomic E-state index is -0.494. The Morgan fingerprint density at radius 3 is 2.00 bits per heavy atom. The second-order valence-electron chi connectivity index (χ2n) is 6.09. The molecule has 1 aliphatic heterocycles. The summed E-state index contributed by atoms with van der Waals surface area (Å²) in [5, 5.41) is 0. The standard InChI is InChI=1S/C15H31NSi/c1-14(13-17(3)4)15(2)16-11-9-7-5-6-8-10-12-16/h15,17H,1,5-13H2,2-4H3. The first-order chi connectivity index (χ1) is 8.11. The summed E-state index contributed by atoms with van der Waals surface area (Å²) in [7, 11) is -0.494.